The van der Waals surface area contributed by atoms with Crippen molar-refractivity contribution >= 4 is 5.69 Å². The molecule has 3 aromatic rings. The Hall–Kier alpha value is -2.85. The van der Waals surface area contributed by atoms with Gasteiger partial charge in [-0.15, -0.1) is 0 Å². The molecule has 4 nitrogen and oxygen atoms in total. The van der Waals surface area contributed by atoms with Gasteiger partial charge in [0.15, 0.2) is 0 Å². The van der Waals surface area contributed by atoms with Crippen LogP contribution in [0.5, 0.6) is 5.75 Å². The number of benzene rings is 2. The summed E-state index contributed by atoms with van der Waals surface area (Å²) in [5.41, 5.74) is 6.02. The summed E-state index contributed by atoms with van der Waals surface area (Å²) in [6.07, 6.45) is 4.25. The van der Waals surface area contributed by atoms with Crippen molar-refractivity contribution in [3.8, 4) is 17.0 Å². The summed E-state index contributed by atoms with van der Waals surface area (Å²) in [7, 11) is 1.71. The smallest absolute Gasteiger partial charge is 0.119 e. The van der Waals surface area contributed by atoms with Gasteiger partial charge in [0.1, 0.15) is 5.75 Å². The molecule has 4 rings (SSSR count). The van der Waals surface area contributed by atoms with Crippen LogP contribution in [-0.4, -0.2) is 31.2 Å². The Morgan fingerprint density at radius 2 is 1.79 bits per heavy atom. The van der Waals surface area contributed by atoms with Gasteiger partial charge in [0.05, 0.1) is 12.8 Å². The fourth-order valence-corrected chi connectivity index (χ4v) is 4.10. The van der Waals surface area contributed by atoms with Gasteiger partial charge in [-0.1, -0.05) is 24.3 Å². The van der Waals surface area contributed by atoms with E-state index in [1.54, 1.807) is 7.11 Å². The summed E-state index contributed by atoms with van der Waals surface area (Å²) in [5, 5.41) is 3.48. The van der Waals surface area contributed by atoms with Crippen molar-refractivity contribution in [3.05, 3.63) is 78.0 Å². The molecule has 0 atom stereocenters. The molecule has 2 aromatic carbocycles. The Morgan fingerprint density at radius 3 is 2.52 bits per heavy atom. The minimum atomic E-state index is 0.528. The molecule has 2 heterocycles. The van der Waals surface area contributed by atoms with Crippen LogP contribution >= 0.6 is 0 Å². The highest BCUT2D eigenvalue weighted by Crippen LogP contribution is 2.28. The van der Waals surface area contributed by atoms with Gasteiger partial charge in [0, 0.05) is 30.0 Å². The molecule has 1 aliphatic heterocycles. The van der Waals surface area contributed by atoms with Crippen LogP contribution in [0.4, 0.5) is 5.69 Å². The van der Waals surface area contributed by atoms with Crippen LogP contribution < -0.4 is 15.0 Å². The predicted molar refractivity (Wildman–Crippen MR) is 119 cm³/mol. The highest BCUT2D eigenvalue weighted by Gasteiger charge is 2.22. The SMILES string of the molecule is COc1ccc(N(Cc2ccnc(-c3ccccc3C)c2)C2CCNCC2)cc1. The molecule has 0 aliphatic carbocycles. The van der Waals surface area contributed by atoms with E-state index in [0.29, 0.717) is 6.04 Å². The highest BCUT2D eigenvalue weighted by molar-refractivity contribution is 5.64. The van der Waals surface area contributed by atoms with E-state index in [0.717, 1.165) is 43.9 Å². The molecule has 1 N–H and O–H groups in total. The molecule has 1 aliphatic rings. The topological polar surface area (TPSA) is 37.4 Å². The standard InChI is InChI=1S/C25H29N3O/c1-19-5-3-4-6-24(19)25-17-20(11-16-27-25)18-28(22-12-14-26-15-13-22)21-7-9-23(29-2)10-8-21/h3-11,16-17,22,26H,12-15,18H2,1-2H3. The van der Waals surface area contributed by atoms with Crippen molar-refractivity contribution in [2.24, 2.45) is 0 Å². The van der Waals surface area contributed by atoms with Crippen LogP contribution in [0.3, 0.4) is 0 Å². The van der Waals surface area contributed by atoms with E-state index < -0.39 is 0 Å². The van der Waals surface area contributed by atoms with E-state index in [-0.39, 0.29) is 0 Å². The maximum Gasteiger partial charge on any atom is 0.119 e. The Labute approximate surface area is 173 Å². The molecule has 29 heavy (non-hydrogen) atoms. The van der Waals surface area contributed by atoms with Gasteiger partial charge < -0.3 is 15.0 Å². The molecule has 150 valence electrons. The number of piperidine rings is 1. The number of pyridine rings is 1. The molecule has 0 bridgehead atoms. The highest BCUT2D eigenvalue weighted by atomic mass is 16.5. The lowest BCUT2D eigenvalue weighted by Gasteiger charge is -2.36. The van der Waals surface area contributed by atoms with Crippen LogP contribution in [0.15, 0.2) is 66.9 Å². The van der Waals surface area contributed by atoms with Crippen LogP contribution in [0.2, 0.25) is 0 Å². The average molecular weight is 388 g/mol. The molecule has 1 aromatic heterocycles. The van der Waals surface area contributed by atoms with Crippen molar-refractivity contribution in [1.82, 2.24) is 10.3 Å². The number of aromatic nitrogens is 1. The number of aryl methyl sites for hydroxylation is 1. The molecule has 0 saturated carbocycles. The molecule has 0 spiro atoms. The molecular weight excluding hydrogens is 358 g/mol. The minimum Gasteiger partial charge on any atom is -0.497 e. The van der Waals surface area contributed by atoms with E-state index in [9.17, 15) is 0 Å². The maximum absolute atomic E-state index is 5.35. The largest absolute Gasteiger partial charge is 0.497 e. The monoisotopic (exact) mass is 387 g/mol. The van der Waals surface area contributed by atoms with Crippen molar-refractivity contribution < 1.29 is 4.74 Å². The number of hydrogen-bond acceptors (Lipinski definition) is 4. The van der Waals surface area contributed by atoms with E-state index in [2.05, 4.69) is 82.8 Å². The summed E-state index contributed by atoms with van der Waals surface area (Å²) in [6.45, 7) is 5.16. The number of hydrogen-bond donors (Lipinski definition) is 1. The lowest BCUT2D eigenvalue weighted by atomic mass is 10.0. The van der Waals surface area contributed by atoms with E-state index in [1.807, 2.05) is 6.20 Å². The number of rotatable bonds is 6. The lowest BCUT2D eigenvalue weighted by molar-refractivity contribution is 0.413. The maximum atomic E-state index is 5.35. The van der Waals surface area contributed by atoms with E-state index in [4.69, 9.17) is 4.74 Å². The van der Waals surface area contributed by atoms with Gasteiger partial charge in [-0.3, -0.25) is 4.98 Å². The number of ether oxygens (including phenoxy) is 1. The molecule has 1 fully saturated rings. The second-order valence-corrected chi connectivity index (χ2v) is 7.67. The zero-order chi connectivity index (χ0) is 20.1. The summed E-state index contributed by atoms with van der Waals surface area (Å²) in [6, 6.07) is 21.8. The number of anilines is 1. The van der Waals surface area contributed by atoms with E-state index in [1.165, 1.54) is 22.4 Å². The average Bonchev–Trinajstić information content (AvgIpc) is 2.79. The predicted octanol–water partition coefficient (Wildman–Crippen LogP) is 4.82. The van der Waals surface area contributed by atoms with Gasteiger partial charge in [0.25, 0.3) is 0 Å². The first-order chi connectivity index (χ1) is 14.2. The third kappa shape index (κ3) is 4.60. The van der Waals surface area contributed by atoms with Gasteiger partial charge >= 0.3 is 0 Å². The fourth-order valence-electron chi connectivity index (χ4n) is 4.10. The normalized spacial score (nSPS) is 14.6. The zero-order valence-electron chi connectivity index (χ0n) is 17.3. The summed E-state index contributed by atoms with van der Waals surface area (Å²) < 4.78 is 5.35. The van der Waals surface area contributed by atoms with Gasteiger partial charge in [0.2, 0.25) is 0 Å². The summed E-state index contributed by atoms with van der Waals surface area (Å²) in [4.78, 5) is 7.18. The van der Waals surface area contributed by atoms with Gasteiger partial charge in [-0.2, -0.15) is 0 Å². The van der Waals surface area contributed by atoms with Crippen LogP contribution in [0.25, 0.3) is 11.3 Å². The summed E-state index contributed by atoms with van der Waals surface area (Å²) >= 11 is 0. The van der Waals surface area contributed by atoms with Gasteiger partial charge in [-0.25, -0.2) is 0 Å². The van der Waals surface area contributed by atoms with Gasteiger partial charge in [-0.05, 0) is 80.4 Å². The van der Waals surface area contributed by atoms with Crippen LogP contribution in [0.1, 0.15) is 24.0 Å². The first-order valence-corrected chi connectivity index (χ1v) is 10.4. The quantitative estimate of drug-likeness (QED) is 0.658. The van der Waals surface area contributed by atoms with Crippen LogP contribution in [0, 0.1) is 6.92 Å². The molecular formula is C25H29N3O. The minimum absolute atomic E-state index is 0.528. The van der Waals surface area contributed by atoms with E-state index >= 15 is 0 Å². The number of nitrogens with one attached hydrogen (secondary N) is 1. The molecule has 0 amide bonds. The molecule has 0 radical (unpaired) electrons. The van der Waals surface area contributed by atoms with Crippen molar-refractivity contribution in [2.45, 2.75) is 32.4 Å². The third-order valence-electron chi connectivity index (χ3n) is 5.75. The first kappa shape index (κ1) is 19.5. The van der Waals surface area contributed by atoms with Crippen molar-refractivity contribution in [1.29, 1.82) is 0 Å². The molecule has 4 heteroatoms. The fraction of sp³-hybridized carbons (Fsp3) is 0.320. The Balaban J connectivity index is 1.63. The number of nitrogens with zero attached hydrogens (tertiary/aromatic N) is 2. The van der Waals surface area contributed by atoms with Crippen molar-refractivity contribution in [3.63, 3.8) is 0 Å². The molecule has 1 saturated heterocycles. The van der Waals surface area contributed by atoms with Crippen LogP contribution in [-0.2, 0) is 6.54 Å². The van der Waals surface area contributed by atoms with Crippen molar-refractivity contribution in [2.75, 3.05) is 25.1 Å². The lowest BCUT2D eigenvalue weighted by Crippen LogP contribution is -2.43. The zero-order valence-corrected chi connectivity index (χ0v) is 17.3. The summed E-state index contributed by atoms with van der Waals surface area (Å²) in [5.74, 6) is 0.893. The Bertz CT molecular complexity index is 933. The second kappa shape index (κ2) is 9.10. The number of methoxy groups -OCH3 is 1. The Morgan fingerprint density at radius 1 is 1.03 bits per heavy atom. The third-order valence-corrected chi connectivity index (χ3v) is 5.75. The first-order valence-electron chi connectivity index (χ1n) is 10.4. The second-order valence-electron chi connectivity index (χ2n) is 7.67. The Kier molecular flexibility index (Phi) is 6.11. The molecule has 0 unspecified atom stereocenters.